The third kappa shape index (κ3) is 4.21. The van der Waals surface area contributed by atoms with Crippen molar-refractivity contribution >= 4 is 29.3 Å². The Morgan fingerprint density at radius 1 is 1.43 bits per heavy atom. The number of hydrogen-bond acceptors (Lipinski definition) is 3. The van der Waals surface area contributed by atoms with Crippen molar-refractivity contribution in [2.45, 2.75) is 20.4 Å². The van der Waals surface area contributed by atoms with Crippen molar-refractivity contribution < 1.29 is 4.79 Å². The molecule has 6 heteroatoms. The van der Waals surface area contributed by atoms with E-state index in [0.717, 1.165) is 16.8 Å². The molecule has 23 heavy (non-hydrogen) atoms. The summed E-state index contributed by atoms with van der Waals surface area (Å²) in [4.78, 5) is 12.3. The van der Waals surface area contributed by atoms with Crippen LogP contribution in [0.5, 0.6) is 0 Å². The highest BCUT2D eigenvalue weighted by Crippen LogP contribution is 2.20. The summed E-state index contributed by atoms with van der Waals surface area (Å²) in [7, 11) is 0. The Balaban J connectivity index is 2.21. The number of benzene rings is 1. The predicted molar refractivity (Wildman–Crippen MR) is 91.1 cm³/mol. The number of para-hydroxylation sites is 1. The van der Waals surface area contributed by atoms with Crippen LogP contribution >= 0.6 is 11.6 Å². The summed E-state index contributed by atoms with van der Waals surface area (Å²) in [6.45, 7) is 4.40. The van der Waals surface area contributed by atoms with Gasteiger partial charge in [-0.3, -0.25) is 9.48 Å². The molecule has 1 aromatic heterocycles. The van der Waals surface area contributed by atoms with E-state index in [9.17, 15) is 10.1 Å². The summed E-state index contributed by atoms with van der Waals surface area (Å²) < 4.78 is 1.66. The molecule has 5 nitrogen and oxygen atoms in total. The highest BCUT2D eigenvalue weighted by Gasteiger charge is 2.12. The second-order valence-corrected chi connectivity index (χ2v) is 5.49. The summed E-state index contributed by atoms with van der Waals surface area (Å²) in [6.07, 6.45) is 4.85. The summed E-state index contributed by atoms with van der Waals surface area (Å²) in [5.41, 5.74) is 3.34. The molecule has 0 fully saturated rings. The van der Waals surface area contributed by atoms with Crippen LogP contribution in [-0.4, -0.2) is 21.6 Å². The molecule has 0 aliphatic heterocycles. The minimum absolute atomic E-state index is 0.0260. The van der Waals surface area contributed by atoms with E-state index in [1.54, 1.807) is 17.1 Å². The van der Waals surface area contributed by atoms with E-state index in [-0.39, 0.29) is 5.57 Å². The number of halogens is 1. The van der Waals surface area contributed by atoms with Crippen molar-refractivity contribution in [2.75, 3.05) is 11.2 Å². The number of aromatic nitrogens is 2. The second kappa shape index (κ2) is 7.61. The van der Waals surface area contributed by atoms with E-state index >= 15 is 0 Å². The zero-order chi connectivity index (χ0) is 16.8. The van der Waals surface area contributed by atoms with Gasteiger partial charge in [0.25, 0.3) is 5.91 Å². The molecule has 0 aliphatic carbocycles. The van der Waals surface area contributed by atoms with Gasteiger partial charge in [-0.05, 0) is 31.1 Å². The van der Waals surface area contributed by atoms with E-state index < -0.39 is 5.91 Å². The van der Waals surface area contributed by atoms with Gasteiger partial charge < -0.3 is 5.32 Å². The lowest BCUT2D eigenvalue weighted by Crippen LogP contribution is -2.15. The number of carbonyl (C=O) groups is 1. The van der Waals surface area contributed by atoms with Crippen LogP contribution in [0.3, 0.4) is 0 Å². The minimum atomic E-state index is -0.435. The van der Waals surface area contributed by atoms with Gasteiger partial charge in [0.1, 0.15) is 11.6 Å². The number of rotatable bonds is 5. The Morgan fingerprint density at radius 2 is 2.13 bits per heavy atom. The maximum atomic E-state index is 12.3. The fraction of sp³-hybridized carbons (Fsp3) is 0.235. The molecule has 118 valence electrons. The monoisotopic (exact) mass is 328 g/mol. The third-order valence-corrected chi connectivity index (χ3v) is 3.53. The molecule has 2 rings (SSSR count). The van der Waals surface area contributed by atoms with Crippen LogP contribution < -0.4 is 5.32 Å². The fourth-order valence-corrected chi connectivity index (χ4v) is 2.34. The molecule has 0 unspecified atom stereocenters. The number of nitrogens with one attached hydrogen (secondary N) is 1. The van der Waals surface area contributed by atoms with Crippen molar-refractivity contribution in [1.82, 2.24) is 9.78 Å². The maximum absolute atomic E-state index is 12.3. The summed E-state index contributed by atoms with van der Waals surface area (Å²) >= 11 is 5.66. The van der Waals surface area contributed by atoms with Gasteiger partial charge in [0.2, 0.25) is 0 Å². The second-order valence-electron chi connectivity index (χ2n) is 5.12. The Kier molecular flexibility index (Phi) is 5.56. The number of nitrogens with zero attached hydrogens (tertiary/aromatic N) is 3. The number of carbonyl (C=O) groups excluding carboxylic acids is 1. The quantitative estimate of drug-likeness (QED) is 0.520. The molecule has 0 spiro atoms. The Labute approximate surface area is 140 Å². The summed E-state index contributed by atoms with van der Waals surface area (Å²) in [5.74, 6) is 0.0122. The molecule has 1 N–H and O–H groups in total. The lowest BCUT2D eigenvalue weighted by Gasteiger charge is -2.10. The number of amides is 1. The first-order chi connectivity index (χ1) is 11.0. The molecule has 1 aromatic carbocycles. The molecule has 0 saturated carbocycles. The largest absolute Gasteiger partial charge is 0.321 e. The molecule has 0 saturated heterocycles. The normalized spacial score (nSPS) is 11.1. The molecule has 1 heterocycles. The zero-order valence-electron chi connectivity index (χ0n) is 13.0. The topological polar surface area (TPSA) is 70.7 Å². The van der Waals surface area contributed by atoms with E-state index in [2.05, 4.69) is 10.4 Å². The van der Waals surface area contributed by atoms with Crippen molar-refractivity contribution in [3.63, 3.8) is 0 Å². The molecule has 0 atom stereocenters. The van der Waals surface area contributed by atoms with E-state index in [1.807, 2.05) is 38.1 Å². The van der Waals surface area contributed by atoms with Gasteiger partial charge in [-0.1, -0.05) is 18.2 Å². The fourth-order valence-electron chi connectivity index (χ4n) is 2.17. The molecule has 2 aromatic rings. The van der Waals surface area contributed by atoms with Gasteiger partial charge in [-0.15, -0.1) is 11.6 Å². The van der Waals surface area contributed by atoms with Gasteiger partial charge in [-0.25, -0.2) is 0 Å². The van der Waals surface area contributed by atoms with Crippen molar-refractivity contribution in [1.29, 1.82) is 5.26 Å². The standard InChI is InChI=1S/C17H17ClN4O/c1-12-4-3-5-13(2)16(12)21-17(23)15(9-19)8-14-10-20-22(11-14)7-6-18/h3-5,8,10-11H,6-7H2,1-2H3,(H,21,23)/b15-8-. The van der Waals surface area contributed by atoms with Crippen molar-refractivity contribution in [3.05, 3.63) is 52.9 Å². The van der Waals surface area contributed by atoms with Crippen LogP contribution in [-0.2, 0) is 11.3 Å². The minimum Gasteiger partial charge on any atom is -0.321 e. The molecule has 0 bridgehead atoms. The predicted octanol–water partition coefficient (Wildman–Crippen LogP) is 3.28. The summed E-state index contributed by atoms with van der Waals surface area (Å²) in [5, 5.41) is 16.2. The van der Waals surface area contributed by atoms with Crippen LogP contribution in [0, 0.1) is 25.2 Å². The first-order valence-electron chi connectivity index (χ1n) is 7.13. The van der Waals surface area contributed by atoms with Crippen LogP contribution in [0.1, 0.15) is 16.7 Å². The number of anilines is 1. The van der Waals surface area contributed by atoms with Gasteiger partial charge in [0, 0.05) is 23.3 Å². The number of aryl methyl sites for hydroxylation is 3. The SMILES string of the molecule is Cc1cccc(C)c1NC(=O)/C(C#N)=C\c1cnn(CCCl)c1. The zero-order valence-corrected chi connectivity index (χ0v) is 13.8. The van der Waals surface area contributed by atoms with Crippen LogP contribution in [0.15, 0.2) is 36.2 Å². The lowest BCUT2D eigenvalue weighted by atomic mass is 10.1. The smallest absolute Gasteiger partial charge is 0.266 e. The highest BCUT2D eigenvalue weighted by molar-refractivity contribution is 6.17. The molecule has 1 amide bonds. The highest BCUT2D eigenvalue weighted by atomic mass is 35.5. The van der Waals surface area contributed by atoms with Crippen LogP contribution in [0.4, 0.5) is 5.69 Å². The Hall–Kier alpha value is -2.58. The average Bonchev–Trinajstić information content (AvgIpc) is 2.96. The molecular weight excluding hydrogens is 312 g/mol. The number of nitriles is 1. The lowest BCUT2D eigenvalue weighted by molar-refractivity contribution is -0.112. The molecule has 0 radical (unpaired) electrons. The van der Waals surface area contributed by atoms with E-state index in [1.165, 1.54) is 6.08 Å². The third-order valence-electron chi connectivity index (χ3n) is 3.36. The van der Waals surface area contributed by atoms with Gasteiger partial charge >= 0.3 is 0 Å². The molecule has 0 aliphatic rings. The van der Waals surface area contributed by atoms with Gasteiger partial charge in [-0.2, -0.15) is 10.4 Å². The van der Waals surface area contributed by atoms with Crippen LogP contribution in [0.25, 0.3) is 6.08 Å². The van der Waals surface area contributed by atoms with Gasteiger partial charge in [0.05, 0.1) is 12.7 Å². The first kappa shape index (κ1) is 16.8. The van der Waals surface area contributed by atoms with E-state index in [4.69, 9.17) is 11.6 Å². The Morgan fingerprint density at radius 3 is 2.74 bits per heavy atom. The number of alkyl halides is 1. The maximum Gasteiger partial charge on any atom is 0.266 e. The van der Waals surface area contributed by atoms with Crippen molar-refractivity contribution in [3.8, 4) is 6.07 Å². The van der Waals surface area contributed by atoms with Crippen LogP contribution in [0.2, 0.25) is 0 Å². The Bertz CT molecular complexity index is 766. The summed E-state index contributed by atoms with van der Waals surface area (Å²) in [6, 6.07) is 7.68. The van der Waals surface area contributed by atoms with E-state index in [0.29, 0.717) is 18.0 Å². The molecular formula is C17H17ClN4O. The number of hydrogen-bond donors (Lipinski definition) is 1. The van der Waals surface area contributed by atoms with Gasteiger partial charge in [0.15, 0.2) is 0 Å². The average molecular weight is 329 g/mol. The van der Waals surface area contributed by atoms with Crippen molar-refractivity contribution in [2.24, 2.45) is 0 Å². The first-order valence-corrected chi connectivity index (χ1v) is 7.66.